The fourth-order valence-electron chi connectivity index (χ4n) is 2.18. The van der Waals surface area contributed by atoms with Gasteiger partial charge in [-0.1, -0.05) is 12.1 Å². The molecule has 1 aromatic carbocycles. The van der Waals surface area contributed by atoms with Crippen LogP contribution in [0.2, 0.25) is 0 Å². The van der Waals surface area contributed by atoms with Gasteiger partial charge in [0.05, 0.1) is 7.11 Å². The monoisotopic (exact) mass is 220 g/mol. The van der Waals surface area contributed by atoms with E-state index in [1.807, 2.05) is 6.07 Å². The summed E-state index contributed by atoms with van der Waals surface area (Å²) in [5, 5.41) is 3.45. The van der Waals surface area contributed by atoms with Gasteiger partial charge in [0, 0.05) is 32.2 Å². The normalized spacial score (nSPS) is 22.0. The summed E-state index contributed by atoms with van der Waals surface area (Å²) in [6.07, 6.45) is 0. The Bertz CT molecular complexity index is 340. The first-order chi connectivity index (χ1) is 7.78. The van der Waals surface area contributed by atoms with E-state index in [4.69, 9.17) is 4.74 Å². The van der Waals surface area contributed by atoms with Gasteiger partial charge in [0.1, 0.15) is 5.75 Å². The third kappa shape index (κ3) is 2.97. The standard InChI is InChI=1S/C13H20N2O/c1-11-9-15(7-6-14-11)10-12-4-3-5-13(8-12)16-2/h3-5,8,11,14H,6-7,9-10H2,1-2H3/t11-/m1/s1. The fourth-order valence-corrected chi connectivity index (χ4v) is 2.18. The van der Waals surface area contributed by atoms with E-state index < -0.39 is 0 Å². The van der Waals surface area contributed by atoms with Crippen LogP contribution in [-0.4, -0.2) is 37.7 Å². The SMILES string of the molecule is COc1cccc(CN2CCN[C@H](C)C2)c1. The molecule has 1 aliphatic rings. The molecule has 1 saturated heterocycles. The van der Waals surface area contributed by atoms with Crippen LogP contribution >= 0.6 is 0 Å². The molecule has 88 valence electrons. The minimum atomic E-state index is 0.597. The Labute approximate surface area is 97.4 Å². The highest BCUT2D eigenvalue weighted by Crippen LogP contribution is 2.14. The quantitative estimate of drug-likeness (QED) is 0.835. The molecule has 0 spiro atoms. The van der Waals surface area contributed by atoms with Crippen molar-refractivity contribution < 1.29 is 4.74 Å². The molecule has 0 aliphatic carbocycles. The van der Waals surface area contributed by atoms with Crippen molar-refractivity contribution in [1.82, 2.24) is 10.2 Å². The van der Waals surface area contributed by atoms with Gasteiger partial charge < -0.3 is 10.1 Å². The lowest BCUT2D eigenvalue weighted by atomic mass is 10.1. The predicted molar refractivity (Wildman–Crippen MR) is 65.7 cm³/mol. The highest BCUT2D eigenvalue weighted by molar-refractivity contribution is 5.28. The summed E-state index contributed by atoms with van der Waals surface area (Å²) in [5.41, 5.74) is 1.33. The maximum Gasteiger partial charge on any atom is 0.119 e. The molecule has 1 fully saturated rings. The van der Waals surface area contributed by atoms with Crippen molar-refractivity contribution in [3.8, 4) is 5.75 Å². The Morgan fingerprint density at radius 2 is 2.38 bits per heavy atom. The average Bonchev–Trinajstić information content (AvgIpc) is 2.29. The van der Waals surface area contributed by atoms with Crippen molar-refractivity contribution >= 4 is 0 Å². The Morgan fingerprint density at radius 1 is 1.50 bits per heavy atom. The molecule has 0 aromatic heterocycles. The van der Waals surface area contributed by atoms with E-state index in [1.165, 1.54) is 5.56 Å². The van der Waals surface area contributed by atoms with Crippen LogP contribution in [0.4, 0.5) is 0 Å². The first kappa shape index (κ1) is 11.4. The summed E-state index contributed by atoms with van der Waals surface area (Å²) >= 11 is 0. The smallest absolute Gasteiger partial charge is 0.119 e. The van der Waals surface area contributed by atoms with Gasteiger partial charge in [0.2, 0.25) is 0 Å². The summed E-state index contributed by atoms with van der Waals surface area (Å²) in [6.45, 7) is 6.59. The molecule has 0 unspecified atom stereocenters. The van der Waals surface area contributed by atoms with Gasteiger partial charge in [0.25, 0.3) is 0 Å². The van der Waals surface area contributed by atoms with E-state index in [9.17, 15) is 0 Å². The lowest BCUT2D eigenvalue weighted by Crippen LogP contribution is -2.48. The number of nitrogens with one attached hydrogen (secondary N) is 1. The summed E-state index contributed by atoms with van der Waals surface area (Å²) < 4.78 is 5.23. The Balaban J connectivity index is 1.97. The van der Waals surface area contributed by atoms with Crippen molar-refractivity contribution in [2.24, 2.45) is 0 Å². The van der Waals surface area contributed by atoms with Crippen LogP contribution in [0.1, 0.15) is 12.5 Å². The number of benzene rings is 1. The summed E-state index contributed by atoms with van der Waals surface area (Å²) in [4.78, 5) is 2.48. The minimum absolute atomic E-state index is 0.597. The van der Waals surface area contributed by atoms with Crippen molar-refractivity contribution in [2.45, 2.75) is 19.5 Å². The molecule has 3 nitrogen and oxygen atoms in total. The molecular weight excluding hydrogens is 200 g/mol. The fraction of sp³-hybridized carbons (Fsp3) is 0.538. The number of nitrogens with zero attached hydrogens (tertiary/aromatic N) is 1. The van der Waals surface area contributed by atoms with Crippen molar-refractivity contribution in [2.75, 3.05) is 26.7 Å². The number of hydrogen-bond donors (Lipinski definition) is 1. The third-order valence-electron chi connectivity index (χ3n) is 2.99. The van der Waals surface area contributed by atoms with Crippen molar-refractivity contribution in [1.29, 1.82) is 0 Å². The highest BCUT2D eigenvalue weighted by atomic mass is 16.5. The number of methoxy groups -OCH3 is 1. The molecular formula is C13H20N2O. The number of rotatable bonds is 3. The van der Waals surface area contributed by atoms with E-state index >= 15 is 0 Å². The van der Waals surface area contributed by atoms with Gasteiger partial charge in [-0.2, -0.15) is 0 Å². The Hall–Kier alpha value is -1.06. The largest absolute Gasteiger partial charge is 0.497 e. The Kier molecular flexibility index (Phi) is 3.80. The second-order valence-corrected chi connectivity index (χ2v) is 4.44. The molecule has 0 amide bonds. The van der Waals surface area contributed by atoms with Crippen LogP contribution in [0.5, 0.6) is 5.75 Å². The maximum absolute atomic E-state index is 5.23. The maximum atomic E-state index is 5.23. The van der Waals surface area contributed by atoms with E-state index in [-0.39, 0.29) is 0 Å². The van der Waals surface area contributed by atoms with Gasteiger partial charge >= 0.3 is 0 Å². The summed E-state index contributed by atoms with van der Waals surface area (Å²) in [6, 6.07) is 8.92. The topological polar surface area (TPSA) is 24.5 Å². The van der Waals surface area contributed by atoms with Crippen LogP contribution in [0.25, 0.3) is 0 Å². The highest BCUT2D eigenvalue weighted by Gasteiger charge is 2.15. The van der Waals surface area contributed by atoms with Gasteiger partial charge in [-0.3, -0.25) is 4.90 Å². The minimum Gasteiger partial charge on any atom is -0.497 e. The van der Waals surface area contributed by atoms with Gasteiger partial charge in [-0.25, -0.2) is 0 Å². The lowest BCUT2D eigenvalue weighted by Gasteiger charge is -2.31. The Morgan fingerprint density at radius 3 is 3.12 bits per heavy atom. The number of hydrogen-bond acceptors (Lipinski definition) is 3. The zero-order valence-electron chi connectivity index (χ0n) is 10.1. The molecule has 0 radical (unpaired) electrons. The molecule has 1 heterocycles. The first-order valence-corrected chi connectivity index (χ1v) is 5.86. The molecule has 1 atom stereocenters. The summed E-state index contributed by atoms with van der Waals surface area (Å²) in [5.74, 6) is 0.945. The van der Waals surface area contributed by atoms with Crippen LogP contribution in [0.3, 0.4) is 0 Å². The van der Waals surface area contributed by atoms with E-state index in [0.717, 1.165) is 31.9 Å². The van der Waals surface area contributed by atoms with Crippen molar-refractivity contribution in [3.05, 3.63) is 29.8 Å². The molecule has 16 heavy (non-hydrogen) atoms. The van der Waals surface area contributed by atoms with E-state index in [1.54, 1.807) is 7.11 Å². The zero-order chi connectivity index (χ0) is 11.4. The molecule has 1 N–H and O–H groups in total. The third-order valence-corrected chi connectivity index (χ3v) is 2.99. The van der Waals surface area contributed by atoms with Crippen LogP contribution < -0.4 is 10.1 Å². The van der Waals surface area contributed by atoms with Crippen LogP contribution in [-0.2, 0) is 6.54 Å². The molecule has 0 saturated carbocycles. The second-order valence-electron chi connectivity index (χ2n) is 4.44. The van der Waals surface area contributed by atoms with Gasteiger partial charge in [0.15, 0.2) is 0 Å². The van der Waals surface area contributed by atoms with E-state index in [0.29, 0.717) is 6.04 Å². The number of ether oxygens (including phenoxy) is 1. The molecule has 3 heteroatoms. The first-order valence-electron chi connectivity index (χ1n) is 5.86. The second kappa shape index (κ2) is 5.32. The summed E-state index contributed by atoms with van der Waals surface area (Å²) in [7, 11) is 1.71. The molecule has 2 rings (SSSR count). The lowest BCUT2D eigenvalue weighted by molar-refractivity contribution is 0.199. The van der Waals surface area contributed by atoms with Gasteiger partial charge in [-0.15, -0.1) is 0 Å². The van der Waals surface area contributed by atoms with Crippen LogP contribution in [0.15, 0.2) is 24.3 Å². The number of piperazine rings is 1. The van der Waals surface area contributed by atoms with E-state index in [2.05, 4.69) is 35.3 Å². The molecule has 1 aliphatic heterocycles. The average molecular weight is 220 g/mol. The molecule has 0 bridgehead atoms. The van der Waals surface area contributed by atoms with Crippen LogP contribution in [0, 0.1) is 0 Å². The van der Waals surface area contributed by atoms with Crippen molar-refractivity contribution in [3.63, 3.8) is 0 Å². The van der Waals surface area contributed by atoms with Gasteiger partial charge in [-0.05, 0) is 24.6 Å². The zero-order valence-corrected chi connectivity index (χ0v) is 10.1. The predicted octanol–water partition coefficient (Wildman–Crippen LogP) is 1.49. The molecule has 1 aromatic rings.